The van der Waals surface area contributed by atoms with Crippen LogP contribution in [-0.4, -0.2) is 9.97 Å². The Hall–Kier alpha value is -0.840. The summed E-state index contributed by atoms with van der Waals surface area (Å²) in [5, 5.41) is -0.135. The number of nitrogens with zero attached hydrogens (tertiary/aromatic N) is 2. The van der Waals surface area contributed by atoms with E-state index in [2.05, 4.69) is 9.97 Å². The Morgan fingerprint density at radius 1 is 1.19 bits per heavy atom. The van der Waals surface area contributed by atoms with Gasteiger partial charge in [-0.1, -0.05) is 24.4 Å². The summed E-state index contributed by atoms with van der Waals surface area (Å²) >= 11 is 5.58. The van der Waals surface area contributed by atoms with Gasteiger partial charge in [-0.3, -0.25) is 0 Å². The maximum atomic E-state index is 12.5. The van der Waals surface area contributed by atoms with Gasteiger partial charge in [-0.05, 0) is 12.8 Å². The number of hydrogen-bond acceptors (Lipinski definition) is 2. The molecule has 0 saturated heterocycles. The van der Waals surface area contributed by atoms with Gasteiger partial charge < -0.3 is 0 Å². The molecule has 1 aromatic rings. The molecule has 0 radical (unpaired) electrons. The molecule has 1 aliphatic rings. The van der Waals surface area contributed by atoms with Crippen LogP contribution in [0.25, 0.3) is 0 Å². The number of alkyl halides is 3. The molecule has 0 amide bonds. The van der Waals surface area contributed by atoms with E-state index in [9.17, 15) is 13.2 Å². The van der Waals surface area contributed by atoms with Crippen LogP contribution >= 0.6 is 11.6 Å². The SMILES string of the molecule is FC(F)(F)c1cc(Cl)nc(C2CCCC2)n1. The number of aromatic nitrogens is 2. The molecule has 0 atom stereocenters. The van der Waals surface area contributed by atoms with Gasteiger partial charge in [0.25, 0.3) is 0 Å². The average Bonchev–Trinajstić information content (AvgIpc) is 2.68. The third-order valence-electron chi connectivity index (χ3n) is 2.72. The first-order chi connectivity index (χ1) is 7.47. The highest BCUT2D eigenvalue weighted by Crippen LogP contribution is 2.35. The summed E-state index contributed by atoms with van der Waals surface area (Å²) in [5.41, 5.74) is -0.950. The number of rotatable bonds is 1. The standard InChI is InChI=1S/C10H10ClF3N2/c11-8-5-7(10(12,13)14)15-9(16-8)6-3-1-2-4-6/h5-6H,1-4H2. The molecule has 1 heterocycles. The highest BCUT2D eigenvalue weighted by atomic mass is 35.5. The van der Waals surface area contributed by atoms with Gasteiger partial charge in [-0.25, -0.2) is 9.97 Å². The van der Waals surface area contributed by atoms with Crippen molar-refractivity contribution >= 4 is 11.6 Å². The van der Waals surface area contributed by atoms with E-state index in [-0.39, 0.29) is 16.9 Å². The van der Waals surface area contributed by atoms with Gasteiger partial charge in [-0.15, -0.1) is 0 Å². The molecule has 6 heteroatoms. The highest BCUT2D eigenvalue weighted by molar-refractivity contribution is 6.29. The smallest absolute Gasteiger partial charge is 0.228 e. The normalized spacial score (nSPS) is 18.0. The van der Waals surface area contributed by atoms with Gasteiger partial charge in [0.15, 0.2) is 0 Å². The molecular formula is C10H10ClF3N2. The Kier molecular flexibility index (Phi) is 3.06. The van der Waals surface area contributed by atoms with Gasteiger partial charge >= 0.3 is 6.18 Å². The molecule has 0 spiro atoms. The van der Waals surface area contributed by atoms with Crippen molar-refractivity contribution in [2.45, 2.75) is 37.8 Å². The van der Waals surface area contributed by atoms with Crippen molar-refractivity contribution < 1.29 is 13.2 Å². The molecule has 1 fully saturated rings. The summed E-state index contributed by atoms with van der Waals surface area (Å²) in [7, 11) is 0. The van der Waals surface area contributed by atoms with E-state index < -0.39 is 11.9 Å². The zero-order valence-electron chi connectivity index (χ0n) is 8.39. The van der Waals surface area contributed by atoms with Crippen LogP contribution in [0.1, 0.15) is 43.1 Å². The van der Waals surface area contributed by atoms with Crippen LogP contribution in [0, 0.1) is 0 Å². The van der Waals surface area contributed by atoms with Gasteiger partial charge in [0.2, 0.25) is 0 Å². The Morgan fingerprint density at radius 3 is 2.38 bits per heavy atom. The lowest BCUT2D eigenvalue weighted by molar-refractivity contribution is -0.141. The zero-order chi connectivity index (χ0) is 11.8. The molecule has 2 nitrogen and oxygen atoms in total. The lowest BCUT2D eigenvalue weighted by atomic mass is 10.1. The number of halogens is 4. The molecular weight excluding hydrogens is 241 g/mol. The van der Waals surface area contributed by atoms with Crippen LogP contribution in [0.3, 0.4) is 0 Å². The first-order valence-corrected chi connectivity index (χ1v) is 5.46. The molecule has 16 heavy (non-hydrogen) atoms. The lowest BCUT2D eigenvalue weighted by Gasteiger charge is -2.11. The fourth-order valence-electron chi connectivity index (χ4n) is 1.95. The molecule has 0 aromatic carbocycles. The molecule has 0 aliphatic heterocycles. The maximum absolute atomic E-state index is 12.5. The third-order valence-corrected chi connectivity index (χ3v) is 2.92. The minimum Gasteiger partial charge on any atom is -0.228 e. The van der Waals surface area contributed by atoms with E-state index in [0.29, 0.717) is 0 Å². The van der Waals surface area contributed by atoms with Crippen molar-refractivity contribution in [2.24, 2.45) is 0 Å². The molecule has 1 saturated carbocycles. The molecule has 1 aromatic heterocycles. The Balaban J connectivity index is 2.35. The van der Waals surface area contributed by atoms with Crippen molar-refractivity contribution in [1.29, 1.82) is 0 Å². The molecule has 0 unspecified atom stereocenters. The predicted molar refractivity (Wildman–Crippen MR) is 53.3 cm³/mol. The largest absolute Gasteiger partial charge is 0.433 e. The van der Waals surface area contributed by atoms with Crippen LogP contribution < -0.4 is 0 Å². The van der Waals surface area contributed by atoms with E-state index in [1.165, 1.54) is 0 Å². The van der Waals surface area contributed by atoms with Crippen LogP contribution in [0.2, 0.25) is 5.15 Å². The summed E-state index contributed by atoms with van der Waals surface area (Å²) in [6.45, 7) is 0. The van der Waals surface area contributed by atoms with Crippen LogP contribution in [0.15, 0.2) is 6.07 Å². The quantitative estimate of drug-likeness (QED) is 0.709. The van der Waals surface area contributed by atoms with Crippen molar-refractivity contribution in [2.75, 3.05) is 0 Å². The number of hydrogen-bond donors (Lipinski definition) is 0. The van der Waals surface area contributed by atoms with Crippen molar-refractivity contribution in [3.05, 3.63) is 22.7 Å². The Bertz CT molecular complexity index is 386. The molecule has 2 rings (SSSR count). The topological polar surface area (TPSA) is 25.8 Å². The fraction of sp³-hybridized carbons (Fsp3) is 0.600. The van der Waals surface area contributed by atoms with Crippen molar-refractivity contribution in [1.82, 2.24) is 9.97 Å². The van der Waals surface area contributed by atoms with E-state index in [1.54, 1.807) is 0 Å². The Morgan fingerprint density at radius 2 is 1.81 bits per heavy atom. The van der Waals surface area contributed by atoms with Crippen LogP contribution in [-0.2, 0) is 6.18 Å². The first-order valence-electron chi connectivity index (χ1n) is 5.08. The summed E-state index contributed by atoms with van der Waals surface area (Å²) in [6, 6.07) is 0.764. The van der Waals surface area contributed by atoms with E-state index >= 15 is 0 Å². The van der Waals surface area contributed by atoms with Gasteiger partial charge in [0.05, 0.1) is 0 Å². The van der Waals surface area contributed by atoms with E-state index in [1.807, 2.05) is 0 Å². The van der Waals surface area contributed by atoms with Crippen LogP contribution in [0.5, 0.6) is 0 Å². The fourth-order valence-corrected chi connectivity index (χ4v) is 2.14. The summed E-state index contributed by atoms with van der Waals surface area (Å²) < 4.78 is 37.5. The second-order valence-electron chi connectivity index (χ2n) is 3.91. The second-order valence-corrected chi connectivity index (χ2v) is 4.30. The predicted octanol–water partition coefficient (Wildman–Crippen LogP) is 3.81. The summed E-state index contributed by atoms with van der Waals surface area (Å²) in [6.07, 6.45) is -0.737. The highest BCUT2D eigenvalue weighted by Gasteiger charge is 2.34. The Labute approximate surface area is 95.9 Å². The van der Waals surface area contributed by atoms with Gasteiger partial charge in [-0.2, -0.15) is 13.2 Å². The van der Waals surface area contributed by atoms with E-state index in [4.69, 9.17) is 11.6 Å². The van der Waals surface area contributed by atoms with E-state index in [0.717, 1.165) is 31.7 Å². The maximum Gasteiger partial charge on any atom is 0.433 e. The van der Waals surface area contributed by atoms with Gasteiger partial charge in [0.1, 0.15) is 16.7 Å². The summed E-state index contributed by atoms with van der Waals surface area (Å²) in [4.78, 5) is 7.45. The minimum atomic E-state index is -4.46. The average molecular weight is 251 g/mol. The zero-order valence-corrected chi connectivity index (χ0v) is 9.15. The third kappa shape index (κ3) is 2.45. The minimum absolute atomic E-state index is 0.0276. The van der Waals surface area contributed by atoms with Crippen molar-refractivity contribution in [3.8, 4) is 0 Å². The van der Waals surface area contributed by atoms with Crippen molar-refractivity contribution in [3.63, 3.8) is 0 Å². The molecule has 88 valence electrons. The molecule has 0 N–H and O–H groups in total. The summed E-state index contributed by atoms with van der Waals surface area (Å²) in [5.74, 6) is 0.261. The lowest BCUT2D eigenvalue weighted by Crippen LogP contribution is -2.12. The van der Waals surface area contributed by atoms with Crippen LogP contribution in [0.4, 0.5) is 13.2 Å². The molecule has 1 aliphatic carbocycles. The van der Waals surface area contributed by atoms with Gasteiger partial charge in [0, 0.05) is 12.0 Å². The first kappa shape index (κ1) is 11.6. The monoisotopic (exact) mass is 250 g/mol. The second kappa shape index (κ2) is 4.20. The molecule has 0 bridgehead atoms.